The maximum absolute atomic E-state index is 12.7. The average Bonchev–Trinajstić information content (AvgIpc) is 2.99. The Morgan fingerprint density at radius 2 is 1.85 bits per heavy atom. The summed E-state index contributed by atoms with van der Waals surface area (Å²) in [5, 5.41) is 5.68. The van der Waals surface area contributed by atoms with Gasteiger partial charge in [-0.25, -0.2) is 4.98 Å². The zero-order valence-corrected chi connectivity index (χ0v) is 15.0. The molecule has 6 nitrogen and oxygen atoms in total. The van der Waals surface area contributed by atoms with Crippen molar-refractivity contribution in [2.45, 2.75) is 26.7 Å². The molecule has 134 valence electrons. The Kier molecular flexibility index (Phi) is 5.31. The van der Waals surface area contributed by atoms with E-state index < -0.39 is 0 Å². The summed E-state index contributed by atoms with van der Waals surface area (Å²) in [5.74, 6) is -0.285. The Morgan fingerprint density at radius 1 is 1.08 bits per heavy atom. The number of rotatable bonds is 6. The first-order chi connectivity index (χ1) is 12.6. The SMILES string of the molecule is CCCCNC(=O)c1c(NC(=O)c2ccccc2)nc2ccc(C)cn12. The van der Waals surface area contributed by atoms with Gasteiger partial charge in [-0.3, -0.25) is 14.0 Å². The first kappa shape index (κ1) is 17.7. The Labute approximate surface area is 152 Å². The molecular formula is C20H22N4O2. The molecule has 0 aliphatic heterocycles. The number of anilines is 1. The van der Waals surface area contributed by atoms with Crippen molar-refractivity contribution in [1.29, 1.82) is 0 Å². The number of unbranched alkanes of at least 4 members (excludes halogenated alkanes) is 1. The Balaban J connectivity index is 1.96. The van der Waals surface area contributed by atoms with Crippen molar-refractivity contribution in [3.8, 4) is 0 Å². The molecule has 0 unspecified atom stereocenters. The summed E-state index contributed by atoms with van der Waals surface area (Å²) in [4.78, 5) is 29.7. The van der Waals surface area contributed by atoms with E-state index >= 15 is 0 Å². The highest BCUT2D eigenvalue weighted by Gasteiger charge is 2.21. The minimum Gasteiger partial charge on any atom is -0.351 e. The lowest BCUT2D eigenvalue weighted by Crippen LogP contribution is -2.27. The number of aryl methyl sites for hydroxylation is 1. The van der Waals surface area contributed by atoms with Crippen LogP contribution in [0.15, 0.2) is 48.7 Å². The lowest BCUT2D eigenvalue weighted by Gasteiger charge is -2.08. The van der Waals surface area contributed by atoms with Crippen LogP contribution in [0.5, 0.6) is 0 Å². The Hall–Kier alpha value is -3.15. The van der Waals surface area contributed by atoms with Gasteiger partial charge in [0.25, 0.3) is 11.8 Å². The molecule has 0 saturated carbocycles. The zero-order valence-electron chi connectivity index (χ0n) is 15.0. The second-order valence-electron chi connectivity index (χ2n) is 6.17. The number of carbonyl (C=O) groups excluding carboxylic acids is 2. The summed E-state index contributed by atoms with van der Waals surface area (Å²) in [7, 11) is 0. The lowest BCUT2D eigenvalue weighted by atomic mass is 10.2. The molecule has 3 rings (SSSR count). The van der Waals surface area contributed by atoms with Crippen LogP contribution >= 0.6 is 0 Å². The molecule has 0 atom stereocenters. The van der Waals surface area contributed by atoms with Crippen LogP contribution in [0.25, 0.3) is 5.65 Å². The number of pyridine rings is 1. The molecule has 2 aromatic heterocycles. The number of imidazole rings is 1. The van der Waals surface area contributed by atoms with E-state index in [1.54, 1.807) is 28.7 Å². The zero-order chi connectivity index (χ0) is 18.5. The third-order valence-electron chi connectivity index (χ3n) is 4.07. The van der Waals surface area contributed by atoms with E-state index in [1.165, 1.54) is 0 Å². The van der Waals surface area contributed by atoms with Crippen LogP contribution in [0.2, 0.25) is 0 Å². The van der Waals surface area contributed by atoms with E-state index in [4.69, 9.17) is 0 Å². The van der Waals surface area contributed by atoms with Gasteiger partial charge in [0.15, 0.2) is 11.5 Å². The van der Waals surface area contributed by atoms with E-state index in [0.717, 1.165) is 18.4 Å². The topological polar surface area (TPSA) is 75.5 Å². The van der Waals surface area contributed by atoms with Gasteiger partial charge in [0.05, 0.1) is 0 Å². The normalized spacial score (nSPS) is 10.7. The third kappa shape index (κ3) is 3.74. The molecular weight excluding hydrogens is 328 g/mol. The fourth-order valence-electron chi connectivity index (χ4n) is 2.69. The fraction of sp³-hybridized carbons (Fsp3) is 0.250. The van der Waals surface area contributed by atoms with Crippen molar-refractivity contribution >= 4 is 23.3 Å². The highest BCUT2D eigenvalue weighted by atomic mass is 16.2. The van der Waals surface area contributed by atoms with Crippen molar-refractivity contribution in [3.05, 3.63) is 65.5 Å². The quantitative estimate of drug-likeness (QED) is 0.669. The van der Waals surface area contributed by atoms with Gasteiger partial charge >= 0.3 is 0 Å². The molecule has 0 fully saturated rings. The van der Waals surface area contributed by atoms with Gasteiger partial charge in [-0.05, 0) is 37.1 Å². The predicted molar refractivity (Wildman–Crippen MR) is 102 cm³/mol. The molecule has 2 amide bonds. The minimum absolute atomic E-state index is 0.250. The van der Waals surface area contributed by atoms with E-state index in [1.807, 2.05) is 31.3 Å². The van der Waals surface area contributed by atoms with Crippen LogP contribution in [-0.4, -0.2) is 27.7 Å². The summed E-state index contributed by atoms with van der Waals surface area (Å²) >= 11 is 0. The van der Waals surface area contributed by atoms with Gasteiger partial charge in [-0.1, -0.05) is 37.6 Å². The Morgan fingerprint density at radius 3 is 2.58 bits per heavy atom. The molecule has 0 saturated heterocycles. The predicted octanol–water partition coefficient (Wildman–Crippen LogP) is 3.42. The number of hydrogen-bond donors (Lipinski definition) is 2. The summed E-state index contributed by atoms with van der Waals surface area (Å²) in [6, 6.07) is 12.6. The number of aromatic nitrogens is 2. The number of amides is 2. The molecule has 0 aliphatic rings. The first-order valence-electron chi connectivity index (χ1n) is 8.73. The number of nitrogens with one attached hydrogen (secondary N) is 2. The van der Waals surface area contributed by atoms with Gasteiger partial charge in [-0.15, -0.1) is 0 Å². The molecule has 0 spiro atoms. The first-order valence-corrected chi connectivity index (χ1v) is 8.73. The number of benzene rings is 1. The van der Waals surface area contributed by atoms with Crippen molar-refractivity contribution < 1.29 is 9.59 Å². The van der Waals surface area contributed by atoms with Crippen LogP contribution in [0.4, 0.5) is 5.82 Å². The number of fused-ring (bicyclic) bond motifs is 1. The highest BCUT2D eigenvalue weighted by molar-refractivity contribution is 6.08. The summed E-state index contributed by atoms with van der Waals surface area (Å²) in [6.45, 7) is 4.59. The van der Waals surface area contributed by atoms with Crippen LogP contribution in [0.3, 0.4) is 0 Å². The van der Waals surface area contributed by atoms with E-state index in [-0.39, 0.29) is 17.6 Å². The number of carbonyl (C=O) groups is 2. The van der Waals surface area contributed by atoms with Gasteiger partial charge < -0.3 is 10.6 Å². The van der Waals surface area contributed by atoms with Crippen molar-refractivity contribution in [2.24, 2.45) is 0 Å². The van der Waals surface area contributed by atoms with Crippen molar-refractivity contribution in [1.82, 2.24) is 14.7 Å². The van der Waals surface area contributed by atoms with E-state index in [9.17, 15) is 9.59 Å². The molecule has 2 heterocycles. The van der Waals surface area contributed by atoms with E-state index in [0.29, 0.717) is 23.4 Å². The smallest absolute Gasteiger partial charge is 0.272 e. The maximum Gasteiger partial charge on any atom is 0.272 e. The summed E-state index contributed by atoms with van der Waals surface area (Å²) in [6.07, 6.45) is 3.73. The molecule has 0 aliphatic carbocycles. The average molecular weight is 350 g/mol. The fourth-order valence-corrected chi connectivity index (χ4v) is 2.69. The van der Waals surface area contributed by atoms with E-state index in [2.05, 4.69) is 22.5 Å². The standard InChI is InChI=1S/C20H22N4O2/c1-3-4-12-21-20(26)17-18(22-16-11-10-14(2)13-24(16)17)23-19(25)15-8-6-5-7-9-15/h5-11,13H,3-4,12H2,1-2H3,(H,21,26)(H,23,25). The van der Waals surface area contributed by atoms with Gasteiger partial charge in [-0.2, -0.15) is 0 Å². The largest absolute Gasteiger partial charge is 0.351 e. The monoisotopic (exact) mass is 350 g/mol. The molecule has 2 N–H and O–H groups in total. The molecule has 1 aromatic carbocycles. The van der Waals surface area contributed by atoms with Crippen LogP contribution in [-0.2, 0) is 0 Å². The van der Waals surface area contributed by atoms with Crippen LogP contribution in [0, 0.1) is 6.92 Å². The number of nitrogens with zero attached hydrogens (tertiary/aromatic N) is 2. The van der Waals surface area contributed by atoms with Crippen LogP contribution in [0.1, 0.15) is 46.2 Å². The molecule has 26 heavy (non-hydrogen) atoms. The van der Waals surface area contributed by atoms with Crippen molar-refractivity contribution in [2.75, 3.05) is 11.9 Å². The maximum atomic E-state index is 12.7. The summed E-state index contributed by atoms with van der Waals surface area (Å²) < 4.78 is 1.72. The van der Waals surface area contributed by atoms with Crippen LogP contribution < -0.4 is 10.6 Å². The molecule has 3 aromatic rings. The molecule has 0 bridgehead atoms. The number of hydrogen-bond acceptors (Lipinski definition) is 3. The third-order valence-corrected chi connectivity index (χ3v) is 4.07. The van der Waals surface area contributed by atoms with Gasteiger partial charge in [0.1, 0.15) is 5.65 Å². The second-order valence-corrected chi connectivity index (χ2v) is 6.17. The second kappa shape index (κ2) is 7.82. The van der Waals surface area contributed by atoms with Crippen molar-refractivity contribution in [3.63, 3.8) is 0 Å². The molecule has 6 heteroatoms. The molecule has 0 radical (unpaired) electrons. The Bertz CT molecular complexity index is 932. The van der Waals surface area contributed by atoms with Gasteiger partial charge in [0.2, 0.25) is 0 Å². The highest BCUT2D eigenvalue weighted by Crippen LogP contribution is 2.19. The van der Waals surface area contributed by atoms with Gasteiger partial charge in [0, 0.05) is 18.3 Å². The minimum atomic E-state index is -0.298. The lowest BCUT2D eigenvalue weighted by molar-refractivity contribution is 0.0948. The summed E-state index contributed by atoms with van der Waals surface area (Å²) in [5.41, 5.74) is 2.46.